The van der Waals surface area contributed by atoms with Gasteiger partial charge < -0.3 is 4.74 Å². The van der Waals surface area contributed by atoms with Crippen LogP contribution in [0.3, 0.4) is 0 Å². The number of benzene rings is 1. The normalized spacial score (nSPS) is 11.4. The summed E-state index contributed by atoms with van der Waals surface area (Å²) in [6.45, 7) is 0. The van der Waals surface area contributed by atoms with Gasteiger partial charge in [0.25, 0.3) is 0 Å². The van der Waals surface area contributed by atoms with Crippen LogP contribution < -0.4 is 4.74 Å². The first-order valence-corrected chi connectivity index (χ1v) is 6.62. The molecule has 2 nitrogen and oxygen atoms in total. The molecule has 0 saturated heterocycles. The fourth-order valence-electron chi connectivity index (χ4n) is 1.30. The molecular formula is C11H10ClF3O2S. The molecule has 18 heavy (non-hydrogen) atoms. The van der Waals surface area contributed by atoms with E-state index in [0.717, 1.165) is 4.90 Å². The number of hydrogen-bond acceptors (Lipinski definition) is 3. The number of rotatable bonds is 5. The number of halogens is 4. The monoisotopic (exact) mass is 298 g/mol. The Kier molecular flexibility index (Phi) is 5.34. The molecule has 0 N–H and O–H groups in total. The van der Waals surface area contributed by atoms with Crippen LogP contribution in [0.15, 0.2) is 23.1 Å². The molecule has 0 heterocycles. The highest BCUT2D eigenvalue weighted by Gasteiger charge is 2.32. The number of carbonyl (C=O) groups is 1. The molecule has 0 radical (unpaired) electrons. The summed E-state index contributed by atoms with van der Waals surface area (Å²) in [7, 11) is 0. The number of ether oxygens (including phenoxy) is 1. The minimum absolute atomic E-state index is 0.177. The predicted octanol–water partition coefficient (Wildman–Crippen LogP) is 3.66. The number of alkyl halides is 4. The lowest BCUT2D eigenvalue weighted by Gasteiger charge is -2.13. The van der Waals surface area contributed by atoms with Crippen molar-refractivity contribution in [1.29, 1.82) is 0 Å². The Bertz CT molecular complexity index is 435. The van der Waals surface area contributed by atoms with Crippen LogP contribution >= 0.6 is 23.4 Å². The van der Waals surface area contributed by atoms with Crippen molar-refractivity contribution in [3.63, 3.8) is 0 Å². The summed E-state index contributed by atoms with van der Waals surface area (Å²) >= 11 is 6.71. The molecule has 0 bridgehead atoms. The Labute approximate surface area is 111 Å². The van der Waals surface area contributed by atoms with Crippen LogP contribution in [0.2, 0.25) is 0 Å². The second-order valence-corrected chi connectivity index (χ2v) is 4.52. The average Bonchev–Trinajstić information content (AvgIpc) is 2.29. The second-order valence-electron chi connectivity index (χ2n) is 3.37. The van der Waals surface area contributed by atoms with Crippen molar-refractivity contribution in [2.24, 2.45) is 0 Å². The zero-order valence-corrected chi connectivity index (χ0v) is 11.0. The third kappa shape index (κ3) is 4.78. The van der Waals surface area contributed by atoms with Gasteiger partial charge in [0.1, 0.15) is 5.75 Å². The minimum Gasteiger partial charge on any atom is -0.405 e. The first kappa shape index (κ1) is 15.2. The van der Waals surface area contributed by atoms with Crippen molar-refractivity contribution in [2.75, 3.05) is 12.1 Å². The van der Waals surface area contributed by atoms with Gasteiger partial charge >= 0.3 is 6.36 Å². The van der Waals surface area contributed by atoms with Gasteiger partial charge in [0.2, 0.25) is 0 Å². The highest BCUT2D eigenvalue weighted by Crippen LogP contribution is 2.30. The fourth-order valence-corrected chi connectivity index (χ4v) is 1.86. The molecule has 0 atom stereocenters. The van der Waals surface area contributed by atoms with Crippen LogP contribution in [0.25, 0.3) is 0 Å². The molecular weight excluding hydrogens is 289 g/mol. The van der Waals surface area contributed by atoms with E-state index in [4.69, 9.17) is 11.6 Å². The molecule has 0 aromatic heterocycles. The first-order chi connectivity index (χ1) is 8.35. The third-order valence-electron chi connectivity index (χ3n) is 2.03. The second kappa shape index (κ2) is 6.33. The SMILES string of the molecule is CSc1ccc(OC(F)(F)F)c(CC(=O)CCl)c1. The maximum atomic E-state index is 12.2. The topological polar surface area (TPSA) is 26.3 Å². The van der Waals surface area contributed by atoms with Crippen LogP contribution in [-0.2, 0) is 11.2 Å². The predicted molar refractivity (Wildman–Crippen MR) is 64.3 cm³/mol. The smallest absolute Gasteiger partial charge is 0.405 e. The van der Waals surface area contributed by atoms with Gasteiger partial charge in [-0.2, -0.15) is 0 Å². The van der Waals surface area contributed by atoms with E-state index in [9.17, 15) is 18.0 Å². The van der Waals surface area contributed by atoms with Gasteiger partial charge in [-0.05, 0) is 24.5 Å². The maximum absolute atomic E-state index is 12.2. The van der Waals surface area contributed by atoms with Crippen LogP contribution in [0.1, 0.15) is 5.56 Å². The Hall–Kier alpha value is -0.880. The van der Waals surface area contributed by atoms with E-state index in [-0.39, 0.29) is 29.4 Å². The molecule has 0 aliphatic rings. The third-order valence-corrected chi connectivity index (χ3v) is 3.05. The Morgan fingerprint density at radius 1 is 1.44 bits per heavy atom. The largest absolute Gasteiger partial charge is 0.573 e. The van der Waals surface area contributed by atoms with E-state index in [0.29, 0.717) is 0 Å². The van der Waals surface area contributed by atoms with E-state index in [1.807, 2.05) is 0 Å². The van der Waals surface area contributed by atoms with Crippen molar-refractivity contribution in [1.82, 2.24) is 0 Å². The number of hydrogen-bond donors (Lipinski definition) is 0. The van der Waals surface area contributed by atoms with Crippen molar-refractivity contribution < 1.29 is 22.7 Å². The van der Waals surface area contributed by atoms with Gasteiger partial charge in [0, 0.05) is 16.9 Å². The summed E-state index contributed by atoms with van der Waals surface area (Å²) in [5, 5.41) is 0. The number of carbonyl (C=O) groups excluding carboxylic acids is 1. The maximum Gasteiger partial charge on any atom is 0.573 e. The Balaban J connectivity index is 3.04. The Morgan fingerprint density at radius 3 is 2.61 bits per heavy atom. The van der Waals surface area contributed by atoms with Crippen LogP contribution in [-0.4, -0.2) is 24.3 Å². The van der Waals surface area contributed by atoms with Gasteiger partial charge in [-0.1, -0.05) is 0 Å². The van der Waals surface area contributed by atoms with Gasteiger partial charge in [0.05, 0.1) is 5.88 Å². The highest BCUT2D eigenvalue weighted by molar-refractivity contribution is 7.98. The summed E-state index contributed by atoms with van der Waals surface area (Å²) in [6, 6.07) is 4.20. The van der Waals surface area contributed by atoms with Gasteiger partial charge in [-0.15, -0.1) is 36.5 Å². The summed E-state index contributed by atoms with van der Waals surface area (Å²) in [6.07, 6.45) is -3.17. The molecule has 0 saturated carbocycles. The zero-order valence-electron chi connectivity index (χ0n) is 9.38. The first-order valence-electron chi connectivity index (χ1n) is 4.86. The molecule has 1 rings (SSSR count). The molecule has 1 aromatic carbocycles. The van der Waals surface area contributed by atoms with Crippen LogP contribution in [0.5, 0.6) is 5.75 Å². The van der Waals surface area contributed by atoms with Gasteiger partial charge in [-0.25, -0.2) is 0 Å². The lowest BCUT2D eigenvalue weighted by atomic mass is 10.1. The Morgan fingerprint density at radius 2 is 2.11 bits per heavy atom. The van der Waals surface area contributed by atoms with Crippen molar-refractivity contribution in [2.45, 2.75) is 17.7 Å². The van der Waals surface area contributed by atoms with Gasteiger partial charge in [0.15, 0.2) is 5.78 Å². The van der Waals surface area contributed by atoms with Crippen molar-refractivity contribution in [3.8, 4) is 5.75 Å². The van der Waals surface area contributed by atoms with Crippen molar-refractivity contribution >= 4 is 29.1 Å². The molecule has 0 aliphatic carbocycles. The fraction of sp³-hybridized carbons (Fsp3) is 0.364. The molecule has 0 fully saturated rings. The summed E-state index contributed by atoms with van der Waals surface area (Å²) in [4.78, 5) is 12.0. The van der Waals surface area contributed by atoms with E-state index in [1.54, 1.807) is 6.26 Å². The molecule has 100 valence electrons. The highest BCUT2D eigenvalue weighted by atomic mass is 35.5. The summed E-state index contributed by atoms with van der Waals surface area (Å²) < 4.78 is 40.4. The lowest BCUT2D eigenvalue weighted by molar-refractivity contribution is -0.274. The lowest BCUT2D eigenvalue weighted by Crippen LogP contribution is -2.19. The standard InChI is InChI=1S/C11H10ClF3O2S/c1-18-9-2-3-10(17-11(13,14)15)7(5-9)4-8(16)6-12/h2-3,5H,4,6H2,1H3. The number of Topliss-reactive ketones (excluding diaryl/α,β-unsaturated/α-hetero) is 1. The van der Waals surface area contributed by atoms with E-state index >= 15 is 0 Å². The quantitative estimate of drug-likeness (QED) is 0.613. The van der Waals surface area contributed by atoms with E-state index in [2.05, 4.69) is 4.74 Å². The van der Waals surface area contributed by atoms with E-state index in [1.165, 1.54) is 30.0 Å². The van der Waals surface area contributed by atoms with Crippen LogP contribution in [0, 0.1) is 0 Å². The van der Waals surface area contributed by atoms with E-state index < -0.39 is 6.36 Å². The summed E-state index contributed by atoms with van der Waals surface area (Å²) in [5.41, 5.74) is 0.185. The number of ketones is 1. The molecule has 0 unspecified atom stereocenters. The van der Waals surface area contributed by atoms with Gasteiger partial charge in [-0.3, -0.25) is 4.79 Å². The number of thioether (sulfide) groups is 1. The molecule has 0 aliphatic heterocycles. The average molecular weight is 299 g/mol. The zero-order chi connectivity index (χ0) is 13.8. The summed E-state index contributed by atoms with van der Waals surface area (Å²) in [5.74, 6) is -0.963. The molecule has 7 heteroatoms. The van der Waals surface area contributed by atoms with Crippen molar-refractivity contribution in [3.05, 3.63) is 23.8 Å². The van der Waals surface area contributed by atoms with Crippen LogP contribution in [0.4, 0.5) is 13.2 Å². The molecule has 1 aromatic rings. The molecule has 0 spiro atoms. The molecule has 0 amide bonds. The minimum atomic E-state index is -4.78.